The van der Waals surface area contributed by atoms with Gasteiger partial charge in [-0.3, -0.25) is 4.79 Å². The van der Waals surface area contributed by atoms with Crippen LogP contribution >= 0.6 is 0 Å². The fourth-order valence-electron chi connectivity index (χ4n) is 2.32. The lowest BCUT2D eigenvalue weighted by atomic mass is 9.66. The average Bonchev–Trinajstić information content (AvgIpc) is 2.51. The first-order valence-electron chi connectivity index (χ1n) is 5.40. The molecule has 1 saturated carbocycles. The first-order valence-corrected chi connectivity index (χ1v) is 5.40. The van der Waals surface area contributed by atoms with E-state index in [1.54, 1.807) is 12.3 Å². The van der Waals surface area contributed by atoms with E-state index < -0.39 is 0 Å². The van der Waals surface area contributed by atoms with E-state index in [-0.39, 0.29) is 11.3 Å². The van der Waals surface area contributed by atoms with Crippen molar-refractivity contribution in [2.45, 2.75) is 26.2 Å². The van der Waals surface area contributed by atoms with Crippen molar-refractivity contribution in [1.29, 1.82) is 0 Å². The number of nitrogens with zero attached hydrogens (tertiary/aromatic N) is 4. The van der Waals surface area contributed by atoms with E-state index in [0.717, 1.165) is 25.0 Å². The largest absolute Gasteiger partial charge is 0.271 e. The molecule has 0 aromatic carbocycles. The van der Waals surface area contributed by atoms with Crippen molar-refractivity contribution in [1.82, 2.24) is 9.97 Å². The summed E-state index contributed by atoms with van der Waals surface area (Å²) in [6.45, 7) is 1.93. The van der Waals surface area contributed by atoms with Crippen LogP contribution in [0.4, 0.5) is 5.82 Å². The van der Waals surface area contributed by atoms with E-state index in [1.165, 1.54) is 11.3 Å². The molecule has 1 spiro atoms. The first kappa shape index (κ1) is 9.45. The smallest absolute Gasteiger partial charge is 0.260 e. The van der Waals surface area contributed by atoms with Crippen molar-refractivity contribution >= 4 is 17.4 Å². The van der Waals surface area contributed by atoms with Crippen LogP contribution in [-0.4, -0.2) is 21.6 Å². The predicted molar refractivity (Wildman–Crippen MR) is 58.9 cm³/mol. The van der Waals surface area contributed by atoms with Crippen molar-refractivity contribution in [3.63, 3.8) is 0 Å². The SMILES string of the molecule is CC1=NN(c2ccncn2)C(=O)C12CCC2. The van der Waals surface area contributed by atoms with E-state index in [0.29, 0.717) is 5.82 Å². The second kappa shape index (κ2) is 3.10. The number of rotatable bonds is 1. The van der Waals surface area contributed by atoms with Gasteiger partial charge in [0.1, 0.15) is 6.33 Å². The zero-order chi connectivity index (χ0) is 11.2. The van der Waals surface area contributed by atoms with Crippen LogP contribution in [0.25, 0.3) is 0 Å². The summed E-state index contributed by atoms with van der Waals surface area (Å²) in [5.74, 6) is 0.623. The Balaban J connectivity index is 1.98. The van der Waals surface area contributed by atoms with Crippen LogP contribution in [0.1, 0.15) is 26.2 Å². The number of carbonyl (C=O) groups excluding carboxylic acids is 1. The Morgan fingerprint density at radius 2 is 2.25 bits per heavy atom. The molecule has 1 aliphatic carbocycles. The molecule has 1 fully saturated rings. The van der Waals surface area contributed by atoms with Crippen LogP contribution in [0.15, 0.2) is 23.7 Å². The van der Waals surface area contributed by atoms with Gasteiger partial charge in [0.15, 0.2) is 5.82 Å². The molecule has 1 amide bonds. The third-order valence-electron chi connectivity index (χ3n) is 3.53. The molecule has 16 heavy (non-hydrogen) atoms. The zero-order valence-corrected chi connectivity index (χ0v) is 9.05. The maximum absolute atomic E-state index is 12.3. The summed E-state index contributed by atoms with van der Waals surface area (Å²) in [5, 5.41) is 5.74. The molecular formula is C11H12N4O. The lowest BCUT2D eigenvalue weighted by molar-refractivity contribution is -0.127. The number of aromatic nitrogens is 2. The van der Waals surface area contributed by atoms with Crippen LogP contribution in [-0.2, 0) is 4.79 Å². The molecule has 1 aromatic rings. The summed E-state index contributed by atoms with van der Waals surface area (Å²) in [5.41, 5.74) is 0.604. The summed E-state index contributed by atoms with van der Waals surface area (Å²) in [4.78, 5) is 20.2. The quantitative estimate of drug-likeness (QED) is 0.712. The molecule has 82 valence electrons. The summed E-state index contributed by atoms with van der Waals surface area (Å²) in [6.07, 6.45) is 5.99. The minimum absolute atomic E-state index is 0.0648. The number of carbonyl (C=O) groups is 1. The van der Waals surface area contributed by atoms with Gasteiger partial charge in [-0.25, -0.2) is 9.97 Å². The highest BCUT2D eigenvalue weighted by molar-refractivity contribution is 6.18. The summed E-state index contributed by atoms with van der Waals surface area (Å²) in [6, 6.07) is 1.70. The highest BCUT2D eigenvalue weighted by atomic mass is 16.2. The van der Waals surface area contributed by atoms with E-state index in [2.05, 4.69) is 15.1 Å². The Hall–Kier alpha value is -1.78. The minimum Gasteiger partial charge on any atom is -0.271 e. The molecular weight excluding hydrogens is 204 g/mol. The Kier molecular flexibility index (Phi) is 1.83. The number of amides is 1. The lowest BCUT2D eigenvalue weighted by Crippen LogP contribution is -2.44. The monoisotopic (exact) mass is 216 g/mol. The van der Waals surface area contributed by atoms with Gasteiger partial charge in [0.2, 0.25) is 0 Å². The second-order valence-electron chi connectivity index (χ2n) is 4.31. The van der Waals surface area contributed by atoms with E-state index >= 15 is 0 Å². The summed E-state index contributed by atoms with van der Waals surface area (Å²) in [7, 11) is 0. The van der Waals surface area contributed by atoms with Crippen LogP contribution in [0, 0.1) is 5.41 Å². The number of anilines is 1. The third kappa shape index (κ3) is 1.05. The molecule has 0 N–H and O–H groups in total. The zero-order valence-electron chi connectivity index (χ0n) is 9.05. The molecule has 2 heterocycles. The number of hydrogen-bond acceptors (Lipinski definition) is 4. The molecule has 1 aliphatic heterocycles. The van der Waals surface area contributed by atoms with E-state index in [4.69, 9.17) is 0 Å². The van der Waals surface area contributed by atoms with Crippen LogP contribution in [0.2, 0.25) is 0 Å². The maximum Gasteiger partial charge on any atom is 0.260 e. The Morgan fingerprint density at radius 3 is 2.75 bits per heavy atom. The third-order valence-corrected chi connectivity index (χ3v) is 3.53. The van der Waals surface area contributed by atoms with Gasteiger partial charge in [0, 0.05) is 12.3 Å². The van der Waals surface area contributed by atoms with Gasteiger partial charge in [-0.1, -0.05) is 6.42 Å². The van der Waals surface area contributed by atoms with Gasteiger partial charge in [-0.2, -0.15) is 10.1 Å². The molecule has 0 radical (unpaired) electrons. The minimum atomic E-state index is -0.315. The molecule has 0 bridgehead atoms. The van der Waals surface area contributed by atoms with Crippen molar-refractivity contribution in [3.05, 3.63) is 18.6 Å². The highest BCUT2D eigenvalue weighted by Gasteiger charge is 2.53. The van der Waals surface area contributed by atoms with Gasteiger partial charge >= 0.3 is 0 Å². The predicted octanol–water partition coefficient (Wildman–Crippen LogP) is 1.37. The molecule has 5 nitrogen and oxygen atoms in total. The van der Waals surface area contributed by atoms with Gasteiger partial charge in [-0.05, 0) is 19.8 Å². The lowest BCUT2D eigenvalue weighted by Gasteiger charge is -2.35. The van der Waals surface area contributed by atoms with Crippen LogP contribution < -0.4 is 5.01 Å². The highest BCUT2D eigenvalue weighted by Crippen LogP contribution is 2.47. The Labute approximate surface area is 93.2 Å². The summed E-state index contributed by atoms with van der Waals surface area (Å²) >= 11 is 0. The topological polar surface area (TPSA) is 58.5 Å². The van der Waals surface area contributed by atoms with Crippen molar-refractivity contribution < 1.29 is 4.79 Å². The number of hydrogen-bond donors (Lipinski definition) is 0. The molecule has 0 saturated heterocycles. The molecule has 1 aromatic heterocycles. The Morgan fingerprint density at radius 1 is 1.44 bits per heavy atom. The van der Waals surface area contributed by atoms with Gasteiger partial charge in [0.25, 0.3) is 5.91 Å². The van der Waals surface area contributed by atoms with Crippen molar-refractivity contribution in [2.24, 2.45) is 10.5 Å². The first-order chi connectivity index (χ1) is 7.74. The Bertz CT molecular complexity index is 464. The van der Waals surface area contributed by atoms with Crippen LogP contribution in [0.5, 0.6) is 0 Å². The van der Waals surface area contributed by atoms with Crippen LogP contribution in [0.3, 0.4) is 0 Å². The molecule has 5 heteroatoms. The normalized spacial score (nSPS) is 22.2. The van der Waals surface area contributed by atoms with E-state index in [1.807, 2.05) is 6.92 Å². The van der Waals surface area contributed by atoms with Gasteiger partial charge < -0.3 is 0 Å². The fourth-order valence-corrected chi connectivity index (χ4v) is 2.32. The van der Waals surface area contributed by atoms with Gasteiger partial charge in [0.05, 0.1) is 11.1 Å². The van der Waals surface area contributed by atoms with Gasteiger partial charge in [-0.15, -0.1) is 0 Å². The molecule has 0 atom stereocenters. The van der Waals surface area contributed by atoms with E-state index in [9.17, 15) is 4.79 Å². The molecule has 0 unspecified atom stereocenters. The molecule has 3 rings (SSSR count). The molecule has 2 aliphatic rings. The standard InChI is InChI=1S/C11H12N4O/c1-8-11(4-2-5-11)10(16)15(14-8)9-3-6-12-7-13-9/h3,6-7H,2,4-5H2,1H3. The fraction of sp³-hybridized carbons (Fsp3) is 0.455. The van der Waals surface area contributed by atoms with Crippen molar-refractivity contribution in [3.8, 4) is 0 Å². The number of hydrazone groups is 1. The maximum atomic E-state index is 12.3. The summed E-state index contributed by atoms with van der Waals surface area (Å²) < 4.78 is 0. The van der Waals surface area contributed by atoms with Crippen molar-refractivity contribution in [2.75, 3.05) is 5.01 Å². The average molecular weight is 216 g/mol. The second-order valence-corrected chi connectivity index (χ2v) is 4.31.